The largest absolute Gasteiger partial charge is 0.468 e. The van der Waals surface area contributed by atoms with E-state index in [1.807, 2.05) is 24.3 Å². The molecule has 0 aliphatic rings. The maximum atomic E-state index is 10.8. The molecule has 0 atom stereocenters. The fourth-order valence-electron chi connectivity index (χ4n) is 1.21. The van der Waals surface area contributed by atoms with Gasteiger partial charge in [-0.25, -0.2) is 0 Å². The van der Waals surface area contributed by atoms with Gasteiger partial charge in [-0.1, -0.05) is 24.0 Å². The Labute approximate surface area is 95.6 Å². The number of esters is 1. The zero-order chi connectivity index (χ0) is 11.8. The summed E-state index contributed by atoms with van der Waals surface area (Å²) in [7, 11) is 1.35. The molecule has 2 N–H and O–H groups in total. The molecule has 0 aromatic heterocycles. The minimum atomic E-state index is -0.313. The lowest BCUT2D eigenvalue weighted by molar-refractivity contribution is -0.139. The van der Waals surface area contributed by atoms with Crippen LogP contribution in [0.5, 0.6) is 0 Å². The van der Waals surface area contributed by atoms with Crippen LogP contribution in [0.4, 0.5) is 0 Å². The number of nitrogens with two attached hydrogens (primary N) is 1. The lowest BCUT2D eigenvalue weighted by Crippen LogP contribution is -2.02. The van der Waals surface area contributed by atoms with E-state index in [4.69, 9.17) is 5.73 Å². The van der Waals surface area contributed by atoms with Gasteiger partial charge in [0.1, 0.15) is 6.42 Å². The molecule has 0 spiro atoms. The third-order valence-corrected chi connectivity index (χ3v) is 2.08. The predicted octanol–water partition coefficient (Wildman–Crippen LogP) is 1.10. The molecule has 0 unspecified atom stereocenters. The second kappa shape index (κ2) is 6.65. The van der Waals surface area contributed by atoms with Gasteiger partial charge in [-0.05, 0) is 30.7 Å². The van der Waals surface area contributed by atoms with E-state index >= 15 is 0 Å². The van der Waals surface area contributed by atoms with Gasteiger partial charge in [0.2, 0.25) is 0 Å². The summed E-state index contributed by atoms with van der Waals surface area (Å²) in [6.45, 7) is 0.646. The van der Waals surface area contributed by atoms with E-state index in [1.54, 1.807) is 0 Å². The van der Waals surface area contributed by atoms with Crippen molar-refractivity contribution in [3.8, 4) is 11.8 Å². The predicted molar refractivity (Wildman–Crippen MR) is 62.7 cm³/mol. The molecule has 0 saturated heterocycles. The summed E-state index contributed by atoms with van der Waals surface area (Å²) >= 11 is 0. The molecule has 0 fully saturated rings. The molecule has 0 radical (unpaired) electrons. The van der Waals surface area contributed by atoms with Crippen molar-refractivity contribution in [3.05, 3.63) is 35.4 Å². The van der Waals surface area contributed by atoms with Crippen molar-refractivity contribution in [2.45, 2.75) is 12.8 Å². The first kappa shape index (κ1) is 12.3. The summed E-state index contributed by atoms with van der Waals surface area (Å²) in [6.07, 6.45) is 0.997. The molecule has 0 saturated carbocycles. The first-order chi connectivity index (χ1) is 7.76. The Bertz CT molecular complexity index is 398. The summed E-state index contributed by atoms with van der Waals surface area (Å²) in [5.74, 6) is 5.34. The minimum absolute atomic E-state index is 0.126. The van der Waals surface area contributed by atoms with Crippen LogP contribution in [0.2, 0.25) is 0 Å². The number of benzene rings is 1. The Morgan fingerprint density at radius 3 is 2.62 bits per heavy atom. The minimum Gasteiger partial charge on any atom is -0.468 e. The van der Waals surface area contributed by atoms with Crippen molar-refractivity contribution < 1.29 is 9.53 Å². The monoisotopic (exact) mass is 217 g/mol. The average Bonchev–Trinajstić information content (AvgIpc) is 2.31. The van der Waals surface area contributed by atoms with Crippen molar-refractivity contribution in [2.24, 2.45) is 5.73 Å². The van der Waals surface area contributed by atoms with Crippen LogP contribution in [-0.4, -0.2) is 19.6 Å². The molecule has 1 rings (SSSR count). The van der Waals surface area contributed by atoms with Gasteiger partial charge in [0.25, 0.3) is 0 Å². The number of methoxy groups -OCH3 is 1. The Hall–Kier alpha value is -1.79. The van der Waals surface area contributed by atoms with Crippen molar-refractivity contribution >= 4 is 5.97 Å². The van der Waals surface area contributed by atoms with Crippen molar-refractivity contribution in [3.63, 3.8) is 0 Å². The van der Waals surface area contributed by atoms with Gasteiger partial charge in [-0.2, -0.15) is 0 Å². The number of ether oxygens (including phenoxy) is 1. The summed E-state index contributed by atoms with van der Waals surface area (Å²) in [5, 5.41) is 0. The van der Waals surface area contributed by atoms with Crippen LogP contribution in [-0.2, 0) is 16.0 Å². The molecule has 3 nitrogen and oxygen atoms in total. The van der Waals surface area contributed by atoms with Gasteiger partial charge in [-0.15, -0.1) is 0 Å². The Morgan fingerprint density at radius 1 is 1.38 bits per heavy atom. The maximum absolute atomic E-state index is 10.8. The van der Waals surface area contributed by atoms with Crippen molar-refractivity contribution in [1.82, 2.24) is 0 Å². The highest BCUT2D eigenvalue weighted by atomic mass is 16.5. The number of hydrogen-bond donors (Lipinski definition) is 1. The van der Waals surface area contributed by atoms with Crippen molar-refractivity contribution in [2.75, 3.05) is 13.7 Å². The van der Waals surface area contributed by atoms with Crippen LogP contribution < -0.4 is 5.73 Å². The normalized spacial score (nSPS) is 9.12. The highest BCUT2D eigenvalue weighted by Gasteiger charge is 1.94. The number of carbonyl (C=O) groups excluding carboxylic acids is 1. The second-order valence-electron chi connectivity index (χ2n) is 3.29. The number of carbonyl (C=O) groups is 1. The van der Waals surface area contributed by atoms with Crippen LogP contribution in [0.25, 0.3) is 0 Å². The van der Waals surface area contributed by atoms with Gasteiger partial charge in [0.15, 0.2) is 0 Å². The summed E-state index contributed by atoms with van der Waals surface area (Å²) < 4.78 is 4.48. The van der Waals surface area contributed by atoms with E-state index < -0.39 is 0 Å². The summed E-state index contributed by atoms with van der Waals surface area (Å²) in [4.78, 5) is 10.8. The van der Waals surface area contributed by atoms with Gasteiger partial charge >= 0.3 is 5.97 Å². The van der Waals surface area contributed by atoms with Gasteiger partial charge in [0, 0.05) is 5.56 Å². The Balaban J connectivity index is 2.57. The third kappa shape index (κ3) is 4.16. The molecular weight excluding hydrogens is 202 g/mol. The smallest absolute Gasteiger partial charge is 0.317 e. The molecule has 1 aromatic carbocycles. The fourth-order valence-corrected chi connectivity index (χ4v) is 1.21. The second-order valence-corrected chi connectivity index (χ2v) is 3.29. The van der Waals surface area contributed by atoms with E-state index in [-0.39, 0.29) is 12.4 Å². The standard InChI is InChI=1S/C13H15NO2/c1-16-13(15)4-2-3-11-5-7-12(8-6-11)9-10-14/h5-8H,4,9-10,14H2,1H3. The van der Waals surface area contributed by atoms with Crippen LogP contribution in [0.15, 0.2) is 24.3 Å². The Kier molecular flexibility index (Phi) is 5.10. The van der Waals surface area contributed by atoms with Crippen molar-refractivity contribution in [1.29, 1.82) is 0 Å². The highest BCUT2D eigenvalue weighted by Crippen LogP contribution is 2.03. The molecule has 1 aromatic rings. The molecule has 3 heteroatoms. The molecule has 0 aliphatic heterocycles. The van der Waals surface area contributed by atoms with Crippen LogP contribution >= 0.6 is 0 Å². The quantitative estimate of drug-likeness (QED) is 0.609. The van der Waals surface area contributed by atoms with Gasteiger partial charge in [-0.3, -0.25) is 4.79 Å². The highest BCUT2D eigenvalue weighted by molar-refractivity contribution is 5.72. The zero-order valence-electron chi connectivity index (χ0n) is 9.32. The first-order valence-electron chi connectivity index (χ1n) is 5.11. The van der Waals surface area contributed by atoms with Gasteiger partial charge < -0.3 is 10.5 Å². The average molecular weight is 217 g/mol. The zero-order valence-corrected chi connectivity index (χ0v) is 9.32. The van der Waals surface area contributed by atoms with Gasteiger partial charge in [0.05, 0.1) is 7.11 Å². The SMILES string of the molecule is COC(=O)CC#Cc1ccc(CCN)cc1. The molecule has 84 valence electrons. The third-order valence-electron chi connectivity index (χ3n) is 2.08. The Morgan fingerprint density at radius 2 is 2.06 bits per heavy atom. The molecule has 0 aliphatic carbocycles. The van der Waals surface area contributed by atoms with E-state index in [2.05, 4.69) is 16.6 Å². The lowest BCUT2D eigenvalue weighted by atomic mass is 10.1. The number of rotatable bonds is 3. The topological polar surface area (TPSA) is 52.3 Å². The van der Waals surface area contributed by atoms with Crippen LogP contribution in [0.3, 0.4) is 0 Å². The van der Waals surface area contributed by atoms with Crippen LogP contribution in [0, 0.1) is 11.8 Å². The van der Waals surface area contributed by atoms with E-state index in [1.165, 1.54) is 12.7 Å². The summed E-state index contributed by atoms with van der Waals surface area (Å²) in [6, 6.07) is 7.84. The van der Waals surface area contributed by atoms with E-state index in [0.717, 1.165) is 12.0 Å². The maximum Gasteiger partial charge on any atom is 0.317 e. The molecule has 0 heterocycles. The molecular formula is C13H15NO2. The van der Waals surface area contributed by atoms with Crippen LogP contribution in [0.1, 0.15) is 17.5 Å². The van der Waals surface area contributed by atoms with E-state index in [9.17, 15) is 4.79 Å². The molecule has 0 amide bonds. The van der Waals surface area contributed by atoms with E-state index in [0.29, 0.717) is 6.54 Å². The summed E-state index contributed by atoms with van der Waals surface area (Å²) in [5.41, 5.74) is 7.54. The molecule has 16 heavy (non-hydrogen) atoms. The molecule has 0 bridgehead atoms. The lowest BCUT2D eigenvalue weighted by Gasteiger charge is -1.97. The fraction of sp³-hybridized carbons (Fsp3) is 0.308. The number of hydrogen-bond acceptors (Lipinski definition) is 3. The first-order valence-corrected chi connectivity index (χ1v) is 5.11.